The minimum atomic E-state index is -2.89. The summed E-state index contributed by atoms with van der Waals surface area (Å²) in [6.07, 6.45) is 3.19. The Kier molecular flexibility index (Phi) is 2.52. The summed E-state index contributed by atoms with van der Waals surface area (Å²) in [7, 11) is -2.89. The molecule has 0 N–H and O–H groups in total. The fraction of sp³-hybridized carbons (Fsp3) is 0.273. The number of hydrogen-bond donors (Lipinski definition) is 0. The molecule has 0 radical (unpaired) electrons. The second kappa shape index (κ2) is 3.70. The molecule has 0 fully saturated rings. The van der Waals surface area contributed by atoms with E-state index in [2.05, 4.69) is 0 Å². The maximum atomic E-state index is 11.0. The van der Waals surface area contributed by atoms with Crippen molar-refractivity contribution >= 4 is 20.7 Å². The lowest BCUT2D eigenvalue weighted by Crippen LogP contribution is -2.10. The maximum absolute atomic E-state index is 11.0. The first-order chi connectivity index (χ1) is 7.06. The van der Waals surface area contributed by atoms with Gasteiger partial charge in [-0.25, -0.2) is 8.42 Å². The number of sulfone groups is 1. The monoisotopic (exact) mass is 223 g/mol. The van der Waals surface area contributed by atoms with Crippen LogP contribution in [0.15, 0.2) is 36.5 Å². The third kappa shape index (κ3) is 2.39. The Bertz CT molecular complexity index is 569. The van der Waals surface area contributed by atoms with Crippen molar-refractivity contribution in [3.63, 3.8) is 0 Å². The third-order valence-electron chi connectivity index (χ3n) is 2.38. The van der Waals surface area contributed by atoms with Crippen LogP contribution in [0.2, 0.25) is 0 Å². The third-order valence-corrected chi connectivity index (χ3v) is 3.31. The first-order valence-corrected chi connectivity index (χ1v) is 6.84. The van der Waals surface area contributed by atoms with E-state index in [9.17, 15) is 8.42 Å². The highest BCUT2D eigenvalue weighted by atomic mass is 32.2. The lowest BCUT2D eigenvalue weighted by atomic mass is 10.2. The van der Waals surface area contributed by atoms with Crippen LogP contribution in [-0.2, 0) is 16.4 Å². The first-order valence-electron chi connectivity index (χ1n) is 4.78. The number of nitrogens with zero attached hydrogens (tertiary/aromatic N) is 1. The molecule has 0 aliphatic rings. The zero-order chi connectivity index (χ0) is 10.9. The molecular formula is C11H13NO2S. The van der Waals surface area contributed by atoms with Gasteiger partial charge in [-0.15, -0.1) is 0 Å². The standard InChI is InChI=1S/C11H13NO2S/c1-15(13,14)9-8-12-7-6-10-4-2-3-5-11(10)12/h2-7H,8-9H2,1H3. The highest BCUT2D eigenvalue weighted by Crippen LogP contribution is 2.14. The lowest BCUT2D eigenvalue weighted by molar-refractivity contribution is 0.596. The Morgan fingerprint density at radius 1 is 1.20 bits per heavy atom. The molecule has 0 atom stereocenters. The van der Waals surface area contributed by atoms with E-state index in [4.69, 9.17) is 0 Å². The lowest BCUT2D eigenvalue weighted by Gasteiger charge is -2.03. The minimum Gasteiger partial charge on any atom is -0.346 e. The molecule has 4 heteroatoms. The SMILES string of the molecule is CS(=O)(=O)CCn1ccc2ccccc21. The van der Waals surface area contributed by atoms with Gasteiger partial charge in [0.1, 0.15) is 9.84 Å². The van der Waals surface area contributed by atoms with E-state index >= 15 is 0 Å². The van der Waals surface area contributed by atoms with E-state index in [0.29, 0.717) is 6.54 Å². The van der Waals surface area contributed by atoms with E-state index in [1.54, 1.807) is 0 Å². The fourth-order valence-corrected chi connectivity index (χ4v) is 2.13. The molecule has 0 bridgehead atoms. The van der Waals surface area contributed by atoms with Gasteiger partial charge in [0.2, 0.25) is 0 Å². The molecule has 3 nitrogen and oxygen atoms in total. The van der Waals surface area contributed by atoms with E-state index in [1.807, 2.05) is 41.1 Å². The van der Waals surface area contributed by atoms with E-state index < -0.39 is 9.84 Å². The highest BCUT2D eigenvalue weighted by molar-refractivity contribution is 7.90. The predicted octanol–water partition coefficient (Wildman–Crippen LogP) is 1.69. The van der Waals surface area contributed by atoms with Gasteiger partial charge in [0.05, 0.1) is 5.75 Å². The van der Waals surface area contributed by atoms with Gasteiger partial charge in [0.25, 0.3) is 0 Å². The molecule has 0 spiro atoms. The van der Waals surface area contributed by atoms with Gasteiger partial charge in [-0.2, -0.15) is 0 Å². The largest absolute Gasteiger partial charge is 0.346 e. The first kappa shape index (κ1) is 10.2. The smallest absolute Gasteiger partial charge is 0.149 e. The number of para-hydroxylation sites is 1. The normalized spacial score (nSPS) is 12.1. The summed E-state index contributed by atoms with van der Waals surface area (Å²) in [5.74, 6) is 0.186. The molecule has 0 saturated heterocycles. The average molecular weight is 223 g/mol. The van der Waals surface area contributed by atoms with Crippen molar-refractivity contribution in [3.8, 4) is 0 Å². The van der Waals surface area contributed by atoms with Crippen LogP contribution in [0.5, 0.6) is 0 Å². The van der Waals surface area contributed by atoms with Crippen LogP contribution in [0.3, 0.4) is 0 Å². The Morgan fingerprint density at radius 3 is 2.67 bits per heavy atom. The molecular weight excluding hydrogens is 210 g/mol. The molecule has 0 unspecified atom stereocenters. The van der Waals surface area contributed by atoms with Crippen molar-refractivity contribution in [2.75, 3.05) is 12.0 Å². The number of hydrogen-bond acceptors (Lipinski definition) is 2. The molecule has 15 heavy (non-hydrogen) atoms. The zero-order valence-electron chi connectivity index (χ0n) is 8.55. The summed E-state index contributed by atoms with van der Waals surface area (Å²) >= 11 is 0. The second-order valence-corrected chi connectivity index (χ2v) is 5.96. The topological polar surface area (TPSA) is 39.1 Å². The van der Waals surface area contributed by atoms with Crippen LogP contribution in [0.25, 0.3) is 10.9 Å². The van der Waals surface area contributed by atoms with Crippen LogP contribution >= 0.6 is 0 Å². The van der Waals surface area contributed by atoms with Crippen molar-refractivity contribution < 1.29 is 8.42 Å². The Morgan fingerprint density at radius 2 is 1.93 bits per heavy atom. The number of rotatable bonds is 3. The number of benzene rings is 1. The Labute approximate surface area is 89.3 Å². The summed E-state index contributed by atoms with van der Waals surface area (Å²) in [6, 6.07) is 9.95. The maximum Gasteiger partial charge on any atom is 0.149 e. The molecule has 2 aromatic rings. The van der Waals surface area contributed by atoms with E-state index in [1.165, 1.54) is 6.26 Å². The molecule has 80 valence electrons. The molecule has 1 aromatic heterocycles. The summed E-state index contributed by atoms with van der Waals surface area (Å²) in [5, 5.41) is 1.14. The molecule has 2 rings (SSSR count). The molecule has 0 aliphatic carbocycles. The fourth-order valence-electron chi connectivity index (χ4n) is 1.60. The van der Waals surface area contributed by atoms with Crippen LogP contribution < -0.4 is 0 Å². The van der Waals surface area contributed by atoms with Crippen molar-refractivity contribution in [3.05, 3.63) is 36.5 Å². The van der Waals surface area contributed by atoms with E-state index in [-0.39, 0.29) is 5.75 Å². The van der Waals surface area contributed by atoms with Gasteiger partial charge >= 0.3 is 0 Å². The van der Waals surface area contributed by atoms with Gasteiger partial charge in [-0.05, 0) is 17.5 Å². The molecule has 0 amide bonds. The van der Waals surface area contributed by atoms with Crippen molar-refractivity contribution in [2.24, 2.45) is 0 Å². The Hall–Kier alpha value is -1.29. The summed E-state index contributed by atoms with van der Waals surface area (Å²) in [5.41, 5.74) is 1.08. The number of aryl methyl sites for hydroxylation is 1. The average Bonchev–Trinajstić information content (AvgIpc) is 2.57. The van der Waals surface area contributed by atoms with Crippen molar-refractivity contribution in [1.29, 1.82) is 0 Å². The second-order valence-electron chi connectivity index (χ2n) is 3.70. The van der Waals surface area contributed by atoms with Gasteiger partial charge in [-0.3, -0.25) is 0 Å². The van der Waals surface area contributed by atoms with Crippen LogP contribution in [-0.4, -0.2) is 25.0 Å². The Balaban J connectivity index is 2.29. The van der Waals surface area contributed by atoms with Crippen LogP contribution in [0.4, 0.5) is 0 Å². The zero-order valence-corrected chi connectivity index (χ0v) is 9.37. The summed E-state index contributed by atoms with van der Waals surface area (Å²) in [4.78, 5) is 0. The van der Waals surface area contributed by atoms with Gasteiger partial charge in [0, 0.05) is 24.5 Å². The summed E-state index contributed by atoms with van der Waals surface area (Å²) in [6.45, 7) is 0.520. The summed E-state index contributed by atoms with van der Waals surface area (Å²) < 4.78 is 24.1. The van der Waals surface area contributed by atoms with Gasteiger partial charge in [-0.1, -0.05) is 18.2 Å². The van der Waals surface area contributed by atoms with Gasteiger partial charge in [0.15, 0.2) is 0 Å². The predicted molar refractivity (Wildman–Crippen MR) is 61.6 cm³/mol. The number of fused-ring (bicyclic) bond motifs is 1. The molecule has 0 aliphatic heterocycles. The van der Waals surface area contributed by atoms with Crippen molar-refractivity contribution in [2.45, 2.75) is 6.54 Å². The van der Waals surface area contributed by atoms with Crippen LogP contribution in [0, 0.1) is 0 Å². The molecule has 0 saturated carbocycles. The quantitative estimate of drug-likeness (QED) is 0.794. The highest BCUT2D eigenvalue weighted by Gasteiger charge is 2.04. The molecule has 1 heterocycles. The molecule has 1 aromatic carbocycles. The van der Waals surface area contributed by atoms with Crippen molar-refractivity contribution in [1.82, 2.24) is 4.57 Å². The number of aromatic nitrogens is 1. The minimum absolute atomic E-state index is 0.186. The van der Waals surface area contributed by atoms with Gasteiger partial charge < -0.3 is 4.57 Å². The van der Waals surface area contributed by atoms with Crippen LogP contribution in [0.1, 0.15) is 0 Å². The van der Waals surface area contributed by atoms with E-state index in [0.717, 1.165) is 10.9 Å².